The Balaban J connectivity index is 1.99. The van der Waals surface area contributed by atoms with Gasteiger partial charge in [-0.25, -0.2) is 0 Å². The lowest BCUT2D eigenvalue weighted by atomic mass is 10.0. The van der Waals surface area contributed by atoms with Crippen molar-refractivity contribution in [3.05, 3.63) is 58.1 Å². The van der Waals surface area contributed by atoms with Gasteiger partial charge in [0, 0.05) is 12.2 Å². The van der Waals surface area contributed by atoms with Crippen LogP contribution in [0.1, 0.15) is 30.9 Å². The summed E-state index contributed by atoms with van der Waals surface area (Å²) in [6, 6.07) is 14.7. The number of benzene rings is 2. The zero-order valence-corrected chi connectivity index (χ0v) is 13.7. The van der Waals surface area contributed by atoms with Crippen LogP contribution in [0.15, 0.2) is 46.9 Å². The first-order valence-corrected chi connectivity index (χ1v) is 7.55. The third kappa shape index (κ3) is 3.76. The molecule has 2 rings (SSSR count). The van der Waals surface area contributed by atoms with Crippen molar-refractivity contribution in [2.45, 2.75) is 26.3 Å². The molecule has 106 valence electrons. The van der Waals surface area contributed by atoms with Gasteiger partial charge in [-0.15, -0.1) is 0 Å². The zero-order valence-electron chi connectivity index (χ0n) is 12.1. The van der Waals surface area contributed by atoms with Crippen LogP contribution in [0, 0.1) is 0 Å². The summed E-state index contributed by atoms with van der Waals surface area (Å²) in [6.07, 6.45) is 0. The van der Waals surface area contributed by atoms with Crippen LogP contribution in [0.25, 0.3) is 0 Å². The van der Waals surface area contributed by atoms with Crippen molar-refractivity contribution in [2.24, 2.45) is 0 Å². The molecule has 0 radical (unpaired) electrons. The number of halogens is 1. The minimum Gasteiger partial charge on any atom is -0.496 e. The number of rotatable bonds is 5. The van der Waals surface area contributed by atoms with Crippen LogP contribution in [0.2, 0.25) is 0 Å². The molecule has 0 aliphatic rings. The van der Waals surface area contributed by atoms with Crippen molar-refractivity contribution in [3.8, 4) is 5.75 Å². The van der Waals surface area contributed by atoms with Crippen molar-refractivity contribution in [2.75, 3.05) is 12.4 Å². The molecule has 0 saturated carbocycles. The highest BCUT2D eigenvalue weighted by atomic mass is 79.9. The molecule has 2 aromatic rings. The fraction of sp³-hybridized carbons (Fsp3) is 0.294. The molecule has 2 nitrogen and oxygen atoms in total. The highest BCUT2D eigenvalue weighted by Gasteiger charge is 2.02. The molecule has 2 aromatic carbocycles. The van der Waals surface area contributed by atoms with E-state index in [1.807, 2.05) is 6.07 Å². The molecule has 0 aromatic heterocycles. The fourth-order valence-electron chi connectivity index (χ4n) is 2.01. The number of nitrogens with one attached hydrogen (secondary N) is 1. The number of anilines is 1. The van der Waals surface area contributed by atoms with E-state index in [0.717, 1.165) is 22.5 Å². The van der Waals surface area contributed by atoms with Crippen molar-refractivity contribution >= 4 is 21.6 Å². The smallest absolute Gasteiger partial charge is 0.133 e. The van der Waals surface area contributed by atoms with Gasteiger partial charge < -0.3 is 10.1 Å². The Bertz CT molecular complexity index is 564. The highest BCUT2D eigenvalue weighted by Crippen LogP contribution is 2.26. The van der Waals surface area contributed by atoms with E-state index < -0.39 is 0 Å². The SMILES string of the molecule is COc1ccc(CNc2ccc(C(C)C)cc2)cc1Br. The van der Waals surface area contributed by atoms with E-state index >= 15 is 0 Å². The monoisotopic (exact) mass is 333 g/mol. The third-order valence-electron chi connectivity index (χ3n) is 3.29. The Hall–Kier alpha value is -1.48. The van der Waals surface area contributed by atoms with Gasteiger partial charge >= 0.3 is 0 Å². The Kier molecular flexibility index (Phi) is 5.07. The largest absolute Gasteiger partial charge is 0.496 e. The maximum Gasteiger partial charge on any atom is 0.133 e. The molecule has 3 heteroatoms. The maximum absolute atomic E-state index is 5.23. The minimum atomic E-state index is 0.571. The van der Waals surface area contributed by atoms with Crippen LogP contribution in [-0.4, -0.2) is 7.11 Å². The number of hydrogen-bond acceptors (Lipinski definition) is 2. The average Bonchev–Trinajstić information content (AvgIpc) is 2.45. The third-order valence-corrected chi connectivity index (χ3v) is 3.91. The molecule has 0 heterocycles. The standard InChI is InChI=1S/C17H20BrNO/c1-12(2)14-5-7-15(8-6-14)19-11-13-4-9-17(20-3)16(18)10-13/h4-10,12,19H,11H2,1-3H3. The van der Waals surface area contributed by atoms with E-state index in [-0.39, 0.29) is 0 Å². The quantitative estimate of drug-likeness (QED) is 0.812. The zero-order chi connectivity index (χ0) is 14.5. The average molecular weight is 334 g/mol. The Morgan fingerprint density at radius 2 is 1.80 bits per heavy atom. The first kappa shape index (κ1) is 14.9. The van der Waals surface area contributed by atoms with Crippen molar-refractivity contribution < 1.29 is 4.74 Å². The van der Waals surface area contributed by atoms with Crippen LogP contribution < -0.4 is 10.1 Å². The molecule has 20 heavy (non-hydrogen) atoms. The summed E-state index contributed by atoms with van der Waals surface area (Å²) < 4.78 is 6.21. The topological polar surface area (TPSA) is 21.3 Å². The second-order valence-electron chi connectivity index (χ2n) is 5.10. The van der Waals surface area contributed by atoms with E-state index in [0.29, 0.717) is 5.92 Å². The molecule has 0 bridgehead atoms. The summed E-state index contributed by atoms with van der Waals surface area (Å²) in [6.45, 7) is 5.21. The fourth-order valence-corrected chi connectivity index (χ4v) is 2.60. The van der Waals surface area contributed by atoms with Gasteiger partial charge in [0.05, 0.1) is 11.6 Å². The first-order valence-electron chi connectivity index (χ1n) is 6.76. The lowest BCUT2D eigenvalue weighted by Crippen LogP contribution is -2.00. The Labute approximate surface area is 129 Å². The molecule has 0 saturated heterocycles. The molecule has 0 unspecified atom stereocenters. The van der Waals surface area contributed by atoms with Crippen LogP contribution in [0.5, 0.6) is 5.75 Å². The van der Waals surface area contributed by atoms with Gasteiger partial charge in [-0.2, -0.15) is 0 Å². The molecule has 0 aliphatic heterocycles. The summed E-state index contributed by atoms with van der Waals surface area (Å²) in [4.78, 5) is 0. The molecule has 0 spiro atoms. The second-order valence-corrected chi connectivity index (χ2v) is 5.95. The van der Waals surface area contributed by atoms with Crippen molar-refractivity contribution in [1.29, 1.82) is 0 Å². The van der Waals surface area contributed by atoms with Crippen molar-refractivity contribution in [3.63, 3.8) is 0 Å². The van der Waals surface area contributed by atoms with Crippen molar-refractivity contribution in [1.82, 2.24) is 0 Å². The van der Waals surface area contributed by atoms with Crippen LogP contribution >= 0.6 is 15.9 Å². The summed E-state index contributed by atoms with van der Waals surface area (Å²) in [5.74, 6) is 1.43. The van der Waals surface area contributed by atoms with Gasteiger partial charge in [-0.3, -0.25) is 0 Å². The van der Waals surface area contributed by atoms with Crippen LogP contribution in [0.4, 0.5) is 5.69 Å². The van der Waals surface area contributed by atoms with Gasteiger partial charge in [0.15, 0.2) is 0 Å². The predicted molar refractivity (Wildman–Crippen MR) is 88.6 cm³/mol. The molecular formula is C17H20BrNO. The highest BCUT2D eigenvalue weighted by molar-refractivity contribution is 9.10. The predicted octanol–water partition coefficient (Wildman–Crippen LogP) is 5.19. The Morgan fingerprint density at radius 1 is 1.10 bits per heavy atom. The van der Waals surface area contributed by atoms with E-state index in [1.165, 1.54) is 11.1 Å². The minimum absolute atomic E-state index is 0.571. The number of ether oxygens (including phenoxy) is 1. The summed E-state index contributed by atoms with van der Waals surface area (Å²) in [5, 5.41) is 3.43. The van der Waals surface area contributed by atoms with Gasteiger partial charge in [0.25, 0.3) is 0 Å². The van der Waals surface area contributed by atoms with Crippen LogP contribution in [0.3, 0.4) is 0 Å². The molecule has 0 aliphatic carbocycles. The van der Waals surface area contributed by atoms with E-state index in [4.69, 9.17) is 4.74 Å². The number of methoxy groups -OCH3 is 1. The van der Waals surface area contributed by atoms with E-state index in [1.54, 1.807) is 7.11 Å². The maximum atomic E-state index is 5.23. The molecule has 1 N–H and O–H groups in total. The Morgan fingerprint density at radius 3 is 2.35 bits per heavy atom. The van der Waals surface area contributed by atoms with E-state index in [9.17, 15) is 0 Å². The van der Waals surface area contributed by atoms with Gasteiger partial charge in [0.2, 0.25) is 0 Å². The lowest BCUT2D eigenvalue weighted by Gasteiger charge is -2.10. The molecule has 0 fully saturated rings. The summed E-state index contributed by atoms with van der Waals surface area (Å²) >= 11 is 3.51. The first-order chi connectivity index (χ1) is 9.60. The summed E-state index contributed by atoms with van der Waals surface area (Å²) in [5.41, 5.74) is 3.72. The molecular weight excluding hydrogens is 314 g/mol. The molecule has 0 amide bonds. The molecule has 0 atom stereocenters. The van der Waals surface area contributed by atoms with Crippen LogP contribution in [-0.2, 0) is 6.54 Å². The summed E-state index contributed by atoms with van der Waals surface area (Å²) in [7, 11) is 1.67. The van der Waals surface area contributed by atoms with Gasteiger partial charge in [0.1, 0.15) is 5.75 Å². The number of hydrogen-bond donors (Lipinski definition) is 1. The van der Waals surface area contributed by atoms with Gasteiger partial charge in [-0.1, -0.05) is 32.0 Å². The van der Waals surface area contributed by atoms with E-state index in [2.05, 4.69) is 71.5 Å². The normalized spacial score (nSPS) is 10.7. The second kappa shape index (κ2) is 6.80. The van der Waals surface area contributed by atoms with Gasteiger partial charge in [-0.05, 0) is 57.2 Å². The lowest BCUT2D eigenvalue weighted by molar-refractivity contribution is 0.412.